The third kappa shape index (κ3) is 5.75. The Hall–Kier alpha value is -4.44. The summed E-state index contributed by atoms with van der Waals surface area (Å²) in [6.45, 7) is 6.01. The summed E-state index contributed by atoms with van der Waals surface area (Å²) in [5.41, 5.74) is 1.91. The van der Waals surface area contributed by atoms with Crippen molar-refractivity contribution in [3.63, 3.8) is 0 Å². The molecule has 2 unspecified atom stereocenters. The Bertz CT molecular complexity index is 1740. The summed E-state index contributed by atoms with van der Waals surface area (Å²) >= 11 is 6.62. The number of amides is 1. The largest absolute Gasteiger partial charge is 0.475 e. The molecule has 8 nitrogen and oxygen atoms in total. The van der Waals surface area contributed by atoms with Crippen LogP contribution in [-0.2, 0) is 9.53 Å². The lowest BCUT2D eigenvalue weighted by Gasteiger charge is -2.45. The van der Waals surface area contributed by atoms with Crippen LogP contribution in [0.3, 0.4) is 0 Å². The van der Waals surface area contributed by atoms with E-state index in [1.54, 1.807) is 11.0 Å². The number of likely N-dealkylation sites (tertiary alicyclic amines) is 1. The molecule has 3 aliphatic heterocycles. The van der Waals surface area contributed by atoms with E-state index in [9.17, 15) is 15.3 Å². The molecule has 2 saturated heterocycles. The normalized spacial score (nSPS) is 25.1. The van der Waals surface area contributed by atoms with Crippen LogP contribution in [-0.4, -0.2) is 84.5 Å². The zero-order chi connectivity index (χ0) is 31.7. The highest BCUT2D eigenvalue weighted by Gasteiger charge is 2.41. The fourth-order valence-electron chi connectivity index (χ4n) is 6.98. The number of halogens is 2. The smallest absolute Gasteiger partial charge is 0.246 e. The van der Waals surface area contributed by atoms with Crippen molar-refractivity contribution in [3.8, 4) is 12.1 Å². The molecule has 2 aromatic carbocycles. The number of nitriles is 2. The van der Waals surface area contributed by atoms with Crippen LogP contribution >= 0.6 is 11.6 Å². The summed E-state index contributed by atoms with van der Waals surface area (Å²) in [5, 5.41) is 22.3. The zero-order valence-electron chi connectivity index (χ0n) is 25.1. The second-order valence-electron chi connectivity index (χ2n) is 11.8. The highest BCUT2D eigenvalue weighted by molar-refractivity contribution is 6.36. The lowest BCUT2D eigenvalue weighted by Crippen LogP contribution is -2.55. The SMILES string of the molecule is C=CC(=O)N1CCN(C2=C(C#N)C(OC[C@@H]3CCCN3C)=NC3C=C(c4cccc5cccc(Cl)c45)C(F)=CC23)C[C@@H]1CC#N. The fraction of sp³-hybridized carbons (Fsp3) is 0.371. The molecule has 1 aliphatic carbocycles. The maximum atomic E-state index is 16.3. The summed E-state index contributed by atoms with van der Waals surface area (Å²) in [4.78, 5) is 23.4. The van der Waals surface area contributed by atoms with E-state index in [-0.39, 0.29) is 29.8 Å². The Morgan fingerprint density at radius 2 is 1.98 bits per heavy atom. The molecule has 2 fully saturated rings. The number of benzene rings is 2. The summed E-state index contributed by atoms with van der Waals surface area (Å²) in [6, 6.07) is 15.0. The van der Waals surface area contributed by atoms with Crippen LogP contribution in [0.5, 0.6) is 0 Å². The Kier molecular flexibility index (Phi) is 8.76. The van der Waals surface area contributed by atoms with Gasteiger partial charge in [-0.25, -0.2) is 9.38 Å². The monoisotopic (exact) mass is 624 g/mol. The third-order valence-corrected chi connectivity index (χ3v) is 9.60. The number of carbonyl (C=O) groups excluding carboxylic acids is 1. The number of hydrogen-bond donors (Lipinski definition) is 0. The van der Waals surface area contributed by atoms with E-state index in [1.807, 2.05) is 41.3 Å². The van der Waals surface area contributed by atoms with E-state index in [4.69, 9.17) is 21.3 Å². The molecule has 1 amide bonds. The molecule has 4 atom stereocenters. The predicted octanol–water partition coefficient (Wildman–Crippen LogP) is 5.64. The van der Waals surface area contributed by atoms with E-state index in [0.717, 1.165) is 30.2 Å². The van der Waals surface area contributed by atoms with Gasteiger partial charge in [0, 0.05) is 53.3 Å². The number of rotatable bonds is 6. The van der Waals surface area contributed by atoms with Gasteiger partial charge in [-0.15, -0.1) is 0 Å². The van der Waals surface area contributed by atoms with Crippen LogP contribution in [0.25, 0.3) is 16.3 Å². The molecule has 10 heteroatoms. The lowest BCUT2D eigenvalue weighted by atomic mass is 9.81. The highest BCUT2D eigenvalue weighted by Crippen LogP contribution is 2.43. The standard InChI is InChI=1S/C35H34ClFN6O2/c1-3-32(44)43-16-15-42(20-23(43)12-13-38)34-27-17-30(37)26(25-10-4-7-22-8-5-11-29(36)33(22)25)18-31(27)40-35(28(34)19-39)45-21-24-9-6-14-41(24)2/h3-5,7-8,10-11,17-18,23-24,27,31H,1,6,9,12,14-16,20-21H2,2H3/t23-,24-,27?,31?/m0/s1. The molecule has 6 rings (SSSR count). The van der Waals surface area contributed by atoms with E-state index in [1.165, 1.54) is 12.2 Å². The van der Waals surface area contributed by atoms with Gasteiger partial charge < -0.3 is 19.4 Å². The molecule has 2 aromatic rings. The van der Waals surface area contributed by atoms with Crippen LogP contribution in [0.2, 0.25) is 5.02 Å². The second-order valence-corrected chi connectivity index (χ2v) is 12.3. The van der Waals surface area contributed by atoms with Gasteiger partial charge in [0.25, 0.3) is 0 Å². The average Bonchev–Trinajstić information content (AvgIpc) is 3.46. The van der Waals surface area contributed by atoms with Gasteiger partial charge in [0.15, 0.2) is 0 Å². The van der Waals surface area contributed by atoms with Crippen molar-refractivity contribution in [2.75, 3.05) is 39.8 Å². The predicted molar refractivity (Wildman–Crippen MR) is 173 cm³/mol. The van der Waals surface area contributed by atoms with Crippen LogP contribution in [0.15, 0.2) is 83.3 Å². The van der Waals surface area contributed by atoms with Gasteiger partial charge in [-0.05, 0) is 61.7 Å². The maximum absolute atomic E-state index is 16.3. The van der Waals surface area contributed by atoms with Crippen LogP contribution in [0.1, 0.15) is 24.8 Å². The van der Waals surface area contributed by atoms with E-state index < -0.39 is 23.8 Å². The minimum atomic E-state index is -0.584. The summed E-state index contributed by atoms with van der Waals surface area (Å²) in [7, 11) is 2.06. The Labute approximate surface area is 267 Å². The molecule has 45 heavy (non-hydrogen) atoms. The Morgan fingerprint density at radius 1 is 1.18 bits per heavy atom. The van der Waals surface area contributed by atoms with Crippen molar-refractivity contribution < 1.29 is 13.9 Å². The number of aliphatic imine (C=N–C) groups is 1. The number of ether oxygens (including phenoxy) is 1. The first-order valence-electron chi connectivity index (χ1n) is 15.2. The number of nitrogens with zero attached hydrogens (tertiary/aromatic N) is 6. The van der Waals surface area contributed by atoms with E-state index in [0.29, 0.717) is 48.1 Å². The van der Waals surface area contributed by atoms with Gasteiger partial charge in [-0.3, -0.25) is 4.79 Å². The Morgan fingerprint density at radius 3 is 2.69 bits per heavy atom. The minimum absolute atomic E-state index is 0.112. The Balaban J connectivity index is 1.42. The summed E-state index contributed by atoms with van der Waals surface area (Å²) in [5.74, 6) is -1.03. The van der Waals surface area contributed by atoms with Crippen molar-refractivity contribution in [2.45, 2.75) is 37.4 Å². The van der Waals surface area contributed by atoms with Gasteiger partial charge in [-0.1, -0.05) is 48.5 Å². The summed E-state index contributed by atoms with van der Waals surface area (Å²) < 4.78 is 22.6. The molecule has 0 radical (unpaired) electrons. The van der Waals surface area contributed by atoms with Crippen molar-refractivity contribution in [2.24, 2.45) is 10.9 Å². The summed E-state index contributed by atoms with van der Waals surface area (Å²) in [6.07, 6.45) is 6.77. The molecule has 0 N–H and O–H groups in total. The average molecular weight is 625 g/mol. The van der Waals surface area contributed by atoms with Crippen LogP contribution < -0.4 is 0 Å². The van der Waals surface area contributed by atoms with Gasteiger partial charge in [0.2, 0.25) is 11.8 Å². The molecular weight excluding hydrogens is 591 g/mol. The first-order chi connectivity index (χ1) is 21.8. The fourth-order valence-corrected chi connectivity index (χ4v) is 7.27. The zero-order valence-corrected chi connectivity index (χ0v) is 25.9. The van der Waals surface area contributed by atoms with Gasteiger partial charge in [-0.2, -0.15) is 10.5 Å². The van der Waals surface area contributed by atoms with Gasteiger partial charge in [0.05, 0.1) is 24.6 Å². The van der Waals surface area contributed by atoms with Gasteiger partial charge in [0.1, 0.15) is 24.1 Å². The molecular formula is C35H34ClFN6O2. The van der Waals surface area contributed by atoms with Crippen molar-refractivity contribution >= 4 is 39.8 Å². The number of carbonyl (C=O) groups is 1. The molecule has 4 aliphatic rings. The van der Waals surface area contributed by atoms with Crippen molar-refractivity contribution in [3.05, 3.63) is 88.9 Å². The number of piperazine rings is 1. The topological polar surface area (TPSA) is 96.0 Å². The number of allylic oxidation sites excluding steroid dienone is 2. The molecule has 230 valence electrons. The molecule has 0 spiro atoms. The first-order valence-corrected chi connectivity index (χ1v) is 15.6. The molecule has 3 heterocycles. The molecule has 0 bridgehead atoms. The molecule has 0 aromatic heterocycles. The number of fused-ring (bicyclic) bond motifs is 2. The van der Waals surface area contributed by atoms with E-state index >= 15 is 4.39 Å². The third-order valence-electron chi connectivity index (χ3n) is 9.29. The highest BCUT2D eigenvalue weighted by atomic mass is 35.5. The van der Waals surface area contributed by atoms with Crippen LogP contribution in [0, 0.1) is 28.6 Å². The number of likely N-dealkylation sites (N-methyl/N-ethyl adjacent to an activating group) is 1. The molecule has 0 saturated carbocycles. The van der Waals surface area contributed by atoms with Gasteiger partial charge >= 0.3 is 0 Å². The second kappa shape index (κ2) is 12.9. The van der Waals surface area contributed by atoms with Crippen molar-refractivity contribution in [1.29, 1.82) is 10.5 Å². The van der Waals surface area contributed by atoms with Crippen LogP contribution in [0.4, 0.5) is 4.39 Å². The maximum Gasteiger partial charge on any atom is 0.246 e. The van der Waals surface area contributed by atoms with E-state index in [2.05, 4.69) is 30.7 Å². The number of dihydropyridines is 1. The minimum Gasteiger partial charge on any atom is -0.475 e. The quantitative estimate of drug-likeness (QED) is 0.386. The first kappa shape index (κ1) is 30.6. The number of hydrogen-bond acceptors (Lipinski definition) is 7. The lowest BCUT2D eigenvalue weighted by molar-refractivity contribution is -0.130. The van der Waals surface area contributed by atoms with Crippen molar-refractivity contribution in [1.82, 2.24) is 14.7 Å².